The molecule has 2 aliphatic heterocycles. The van der Waals surface area contributed by atoms with Gasteiger partial charge in [-0.15, -0.1) is 0 Å². The lowest BCUT2D eigenvalue weighted by Crippen LogP contribution is -2.43. The summed E-state index contributed by atoms with van der Waals surface area (Å²) in [6.07, 6.45) is 17.1. The Hall–Kier alpha value is -2.50. The number of rotatable bonds is 3. The molecule has 1 fully saturated rings. The van der Waals surface area contributed by atoms with Gasteiger partial charge in [-0.1, -0.05) is 18.2 Å². The van der Waals surface area contributed by atoms with Crippen molar-refractivity contribution in [1.82, 2.24) is 19.8 Å². The minimum Gasteiger partial charge on any atom is -0.346 e. The number of hydrogen-bond donors (Lipinski definition) is 1. The molecule has 2 aromatic heterocycles. The van der Waals surface area contributed by atoms with E-state index in [0.29, 0.717) is 5.92 Å². The molecule has 0 saturated carbocycles. The zero-order valence-electron chi connectivity index (χ0n) is 16.4. The fourth-order valence-corrected chi connectivity index (χ4v) is 4.34. The molecular weight excluding hydrogens is 346 g/mol. The monoisotopic (exact) mass is 373 g/mol. The van der Waals surface area contributed by atoms with Gasteiger partial charge in [0.05, 0.1) is 0 Å². The summed E-state index contributed by atoms with van der Waals surface area (Å²) in [6, 6.07) is 2.32. The number of H-pyrrole nitrogens is 1. The summed E-state index contributed by atoms with van der Waals surface area (Å²) in [5, 5.41) is 1.22. The number of fused-ring (bicyclic) bond motifs is 3. The average molecular weight is 374 g/mol. The van der Waals surface area contributed by atoms with Crippen LogP contribution < -0.4 is 0 Å². The first-order valence-corrected chi connectivity index (χ1v) is 10.2. The number of aliphatic imine (C=N–C) groups is 1. The Balaban J connectivity index is 1.44. The molecule has 4 heterocycles. The maximum Gasteiger partial charge on any atom is 0.137 e. The van der Waals surface area contributed by atoms with Crippen molar-refractivity contribution in [3.8, 4) is 0 Å². The van der Waals surface area contributed by atoms with Crippen LogP contribution in [-0.2, 0) is 6.54 Å². The van der Waals surface area contributed by atoms with Crippen LogP contribution in [-0.4, -0.2) is 58.7 Å². The molecule has 5 heteroatoms. The van der Waals surface area contributed by atoms with Crippen molar-refractivity contribution in [1.29, 1.82) is 0 Å². The second-order valence-corrected chi connectivity index (χ2v) is 8.18. The molecule has 1 aliphatic carbocycles. The predicted octanol–water partition coefficient (Wildman–Crippen LogP) is 3.63. The van der Waals surface area contributed by atoms with Gasteiger partial charge in [-0.05, 0) is 49.1 Å². The van der Waals surface area contributed by atoms with Gasteiger partial charge in [0.1, 0.15) is 5.65 Å². The van der Waals surface area contributed by atoms with Gasteiger partial charge < -0.3 is 9.88 Å². The zero-order chi connectivity index (χ0) is 18.9. The first-order valence-electron chi connectivity index (χ1n) is 10.2. The van der Waals surface area contributed by atoms with E-state index >= 15 is 0 Å². The minimum absolute atomic E-state index is 0.508. The Labute approximate surface area is 166 Å². The molecule has 0 aromatic carbocycles. The molecule has 5 rings (SSSR count). The highest BCUT2D eigenvalue weighted by molar-refractivity contribution is 6.01. The van der Waals surface area contributed by atoms with Gasteiger partial charge in [0.15, 0.2) is 0 Å². The molecule has 144 valence electrons. The number of piperazine rings is 1. The number of pyridine rings is 1. The fourth-order valence-electron chi connectivity index (χ4n) is 4.34. The van der Waals surface area contributed by atoms with Crippen molar-refractivity contribution in [2.45, 2.75) is 19.4 Å². The molecule has 0 spiro atoms. The van der Waals surface area contributed by atoms with Gasteiger partial charge in [-0.2, -0.15) is 0 Å². The summed E-state index contributed by atoms with van der Waals surface area (Å²) < 4.78 is 0. The fraction of sp³-hybridized carbons (Fsp3) is 0.391. The number of hydrogen-bond acceptors (Lipinski definition) is 4. The van der Waals surface area contributed by atoms with Crippen LogP contribution in [0.2, 0.25) is 0 Å². The SMILES string of the molecule is CN1CCN(Cc2cnc3[nH]cc(C4=CC5CC=CN=C(C=C4)C5)c3c2)CC1. The van der Waals surface area contributed by atoms with Crippen LogP contribution in [0.25, 0.3) is 16.6 Å². The van der Waals surface area contributed by atoms with Crippen molar-refractivity contribution in [3.63, 3.8) is 0 Å². The highest BCUT2D eigenvalue weighted by atomic mass is 15.2. The number of nitrogens with zero attached hydrogens (tertiary/aromatic N) is 4. The zero-order valence-corrected chi connectivity index (χ0v) is 16.4. The van der Waals surface area contributed by atoms with Crippen LogP contribution in [0.15, 0.2) is 54.0 Å². The Kier molecular flexibility index (Phi) is 4.71. The molecule has 1 atom stereocenters. The average Bonchev–Trinajstić information content (AvgIpc) is 2.87. The van der Waals surface area contributed by atoms with E-state index in [0.717, 1.165) is 51.2 Å². The molecule has 0 radical (unpaired) electrons. The molecule has 28 heavy (non-hydrogen) atoms. The lowest BCUT2D eigenvalue weighted by Gasteiger charge is -2.32. The summed E-state index contributed by atoms with van der Waals surface area (Å²) in [4.78, 5) is 17.5. The molecule has 1 saturated heterocycles. The second-order valence-electron chi connectivity index (χ2n) is 8.18. The van der Waals surface area contributed by atoms with Crippen molar-refractivity contribution < 1.29 is 0 Å². The van der Waals surface area contributed by atoms with E-state index in [2.05, 4.69) is 63.4 Å². The third-order valence-electron chi connectivity index (χ3n) is 6.03. The van der Waals surface area contributed by atoms with E-state index in [-0.39, 0.29) is 0 Å². The third-order valence-corrected chi connectivity index (χ3v) is 6.03. The van der Waals surface area contributed by atoms with Crippen LogP contribution in [0.1, 0.15) is 24.0 Å². The number of aromatic amines is 1. The Morgan fingerprint density at radius 2 is 2.07 bits per heavy atom. The summed E-state index contributed by atoms with van der Waals surface area (Å²) >= 11 is 0. The normalized spacial score (nSPS) is 23.4. The number of likely N-dealkylation sites (N-methyl/N-ethyl adjacent to an activating group) is 1. The van der Waals surface area contributed by atoms with Crippen LogP contribution in [0.3, 0.4) is 0 Å². The summed E-state index contributed by atoms with van der Waals surface area (Å²) in [7, 11) is 2.20. The van der Waals surface area contributed by atoms with Crippen molar-refractivity contribution in [2.75, 3.05) is 33.2 Å². The molecular formula is C23H27N5. The molecule has 1 N–H and O–H groups in total. The lowest BCUT2D eigenvalue weighted by atomic mass is 9.96. The van der Waals surface area contributed by atoms with E-state index in [1.165, 1.54) is 27.8 Å². The van der Waals surface area contributed by atoms with Gasteiger partial charge in [-0.25, -0.2) is 4.98 Å². The highest BCUT2D eigenvalue weighted by Gasteiger charge is 2.18. The van der Waals surface area contributed by atoms with E-state index in [4.69, 9.17) is 4.98 Å². The summed E-state index contributed by atoms with van der Waals surface area (Å²) in [6.45, 7) is 5.50. The standard InChI is InChI=1S/C23H27N5/c1-27-7-9-28(10-8-27)16-18-13-21-22(15-26-23(21)25-14-18)19-4-5-20-12-17(11-19)3-2-6-24-20/h2,4-6,11,13-15,17H,3,7-10,12,16H2,1H3,(H,25,26). The van der Waals surface area contributed by atoms with Crippen LogP contribution in [0, 0.1) is 5.92 Å². The number of nitrogens with one attached hydrogen (secondary N) is 1. The molecule has 2 aromatic rings. The molecule has 2 bridgehead atoms. The van der Waals surface area contributed by atoms with Crippen molar-refractivity contribution in [2.24, 2.45) is 10.9 Å². The first kappa shape index (κ1) is 17.6. The van der Waals surface area contributed by atoms with Gasteiger partial charge in [-0.3, -0.25) is 9.89 Å². The maximum atomic E-state index is 4.70. The van der Waals surface area contributed by atoms with E-state index < -0.39 is 0 Å². The van der Waals surface area contributed by atoms with Crippen LogP contribution in [0.5, 0.6) is 0 Å². The topological polar surface area (TPSA) is 47.5 Å². The number of allylic oxidation sites excluding steroid dienone is 5. The van der Waals surface area contributed by atoms with Gasteiger partial charge >= 0.3 is 0 Å². The molecule has 5 nitrogen and oxygen atoms in total. The second kappa shape index (κ2) is 7.49. The van der Waals surface area contributed by atoms with Crippen LogP contribution in [0.4, 0.5) is 0 Å². The Morgan fingerprint density at radius 1 is 1.18 bits per heavy atom. The van der Waals surface area contributed by atoms with Crippen molar-refractivity contribution in [3.05, 3.63) is 60.1 Å². The third kappa shape index (κ3) is 3.60. The van der Waals surface area contributed by atoms with Gasteiger partial charge in [0.25, 0.3) is 0 Å². The van der Waals surface area contributed by atoms with Crippen LogP contribution >= 0.6 is 0 Å². The molecule has 3 aliphatic rings. The van der Waals surface area contributed by atoms with Gasteiger partial charge in [0, 0.05) is 68.0 Å². The smallest absolute Gasteiger partial charge is 0.137 e. The highest BCUT2D eigenvalue weighted by Crippen LogP contribution is 2.31. The quantitative estimate of drug-likeness (QED) is 0.894. The van der Waals surface area contributed by atoms with Crippen molar-refractivity contribution >= 4 is 22.3 Å². The van der Waals surface area contributed by atoms with E-state index in [1.807, 2.05) is 12.4 Å². The Morgan fingerprint density at radius 3 is 2.96 bits per heavy atom. The Bertz CT molecular complexity index is 986. The predicted molar refractivity (Wildman–Crippen MR) is 115 cm³/mol. The largest absolute Gasteiger partial charge is 0.346 e. The first-order chi connectivity index (χ1) is 13.7. The summed E-state index contributed by atoms with van der Waals surface area (Å²) in [5.41, 5.74) is 5.94. The summed E-state index contributed by atoms with van der Waals surface area (Å²) in [5.74, 6) is 0.508. The maximum absolute atomic E-state index is 4.70. The number of aromatic nitrogens is 2. The minimum atomic E-state index is 0.508. The lowest BCUT2D eigenvalue weighted by molar-refractivity contribution is 0.148. The van der Waals surface area contributed by atoms with E-state index in [9.17, 15) is 0 Å². The van der Waals surface area contributed by atoms with E-state index in [1.54, 1.807) is 0 Å². The molecule has 1 unspecified atom stereocenters. The van der Waals surface area contributed by atoms with Gasteiger partial charge in [0.2, 0.25) is 0 Å². The molecule has 0 amide bonds.